The molecule has 0 aromatic rings. The predicted molar refractivity (Wildman–Crippen MR) is 195 cm³/mol. The van der Waals surface area contributed by atoms with Gasteiger partial charge in [0.05, 0.1) is 0 Å². The molecule has 4 amide bonds. The van der Waals surface area contributed by atoms with Gasteiger partial charge in [0.1, 0.15) is 23.9 Å². The second-order valence-electron chi connectivity index (χ2n) is 13.3. The Morgan fingerprint density at radius 3 is 1.40 bits per heavy atom. The molecule has 0 aromatic heterocycles. The van der Waals surface area contributed by atoms with Crippen molar-refractivity contribution in [1.29, 1.82) is 0 Å². The van der Waals surface area contributed by atoms with Crippen molar-refractivity contribution in [2.45, 2.75) is 166 Å². The monoisotopic (exact) mass is 778 g/mol. The Kier molecular flexibility index (Phi) is 27.5. The Balaban J connectivity index is 4.58. The summed E-state index contributed by atoms with van der Waals surface area (Å²) in [6, 6.07) is -4.76. The minimum atomic E-state index is -4.77. The molecule has 0 saturated carbocycles. The van der Waals surface area contributed by atoms with Crippen molar-refractivity contribution in [3.63, 3.8) is 0 Å². The molecule has 0 aliphatic carbocycles. The van der Waals surface area contributed by atoms with Crippen molar-refractivity contribution in [3.8, 4) is 0 Å². The number of nitrogens with one attached hydrogen (secondary N) is 4. The fourth-order valence-electron chi connectivity index (χ4n) is 5.50. The van der Waals surface area contributed by atoms with Crippen molar-refractivity contribution in [2.24, 2.45) is 0 Å². The highest BCUT2D eigenvalue weighted by Crippen LogP contribution is 2.14. The van der Waals surface area contributed by atoms with E-state index in [-0.39, 0.29) is 25.2 Å². The number of carboxylic acids is 3. The van der Waals surface area contributed by atoms with Crippen LogP contribution in [0.3, 0.4) is 0 Å². The number of aliphatic carboxylic acids is 3. The van der Waals surface area contributed by atoms with E-state index in [0.717, 1.165) is 77.0 Å². The van der Waals surface area contributed by atoms with E-state index in [1.165, 1.54) is 6.42 Å². The minimum Gasteiger partial charge on any atom is -0.481 e. The van der Waals surface area contributed by atoms with E-state index < -0.39 is 82.5 Å². The lowest BCUT2D eigenvalue weighted by Crippen LogP contribution is -2.54. The van der Waals surface area contributed by atoms with Crippen LogP contribution in [-0.4, -0.2) is 100 Å². The second kappa shape index (κ2) is 29.6. The van der Waals surface area contributed by atoms with E-state index >= 15 is 0 Å². The van der Waals surface area contributed by atoms with Gasteiger partial charge in [0, 0.05) is 32.2 Å². The van der Waals surface area contributed by atoms with Crippen LogP contribution in [0.1, 0.15) is 148 Å². The van der Waals surface area contributed by atoms with E-state index in [9.17, 15) is 56.7 Å². The van der Waals surface area contributed by atoms with Crippen LogP contribution in [-0.2, 0) is 43.7 Å². The summed E-state index contributed by atoms with van der Waals surface area (Å²) < 4.78 is 32.5. The second-order valence-corrected chi connectivity index (χ2v) is 14.8. The highest BCUT2D eigenvalue weighted by atomic mass is 32.2. The van der Waals surface area contributed by atoms with Crippen LogP contribution in [0.5, 0.6) is 0 Å². The third-order valence-electron chi connectivity index (χ3n) is 8.54. The number of carboxylic acid groups (broad SMARTS) is 3. The summed E-state index contributed by atoms with van der Waals surface area (Å²) in [5.41, 5.74) is 0. The summed E-state index contributed by atoms with van der Waals surface area (Å²) in [5.74, 6) is -7.61. The van der Waals surface area contributed by atoms with Gasteiger partial charge < -0.3 is 36.6 Å². The Bertz CT molecular complexity index is 1250. The van der Waals surface area contributed by atoms with Crippen LogP contribution in [0.25, 0.3) is 0 Å². The number of hydrogen-bond donors (Lipinski definition) is 8. The Labute approximate surface area is 312 Å². The molecule has 0 aromatic carbocycles. The zero-order valence-corrected chi connectivity index (χ0v) is 31.9. The van der Waals surface area contributed by atoms with E-state index in [1.54, 1.807) is 6.92 Å². The first-order chi connectivity index (χ1) is 25.0. The molecular formula is C35H62N4O13S. The molecule has 0 spiro atoms. The molecule has 0 heterocycles. The molecular weight excluding hydrogens is 716 g/mol. The van der Waals surface area contributed by atoms with Gasteiger partial charge in [-0.25, -0.2) is 9.59 Å². The summed E-state index contributed by atoms with van der Waals surface area (Å²) >= 11 is 0. The van der Waals surface area contributed by atoms with Gasteiger partial charge in [-0.3, -0.25) is 28.5 Å². The first-order valence-electron chi connectivity index (χ1n) is 18.8. The average molecular weight is 779 g/mol. The molecule has 18 heteroatoms. The third-order valence-corrected chi connectivity index (χ3v) is 9.30. The normalized spacial score (nSPS) is 12.9. The van der Waals surface area contributed by atoms with Crippen LogP contribution < -0.4 is 21.3 Å². The summed E-state index contributed by atoms with van der Waals surface area (Å²) in [4.78, 5) is 83.0. The third kappa shape index (κ3) is 29.4. The molecule has 17 nitrogen and oxygen atoms in total. The molecule has 0 rings (SSSR count). The Morgan fingerprint density at radius 1 is 0.509 bits per heavy atom. The van der Waals surface area contributed by atoms with Crippen LogP contribution in [0.2, 0.25) is 0 Å². The maximum atomic E-state index is 12.9. The van der Waals surface area contributed by atoms with Crippen molar-refractivity contribution in [2.75, 3.05) is 12.3 Å². The Hall–Kier alpha value is -3.80. The van der Waals surface area contributed by atoms with Crippen molar-refractivity contribution in [1.82, 2.24) is 21.3 Å². The van der Waals surface area contributed by atoms with Crippen molar-refractivity contribution < 1.29 is 61.9 Å². The highest BCUT2D eigenvalue weighted by molar-refractivity contribution is 7.85. The van der Waals surface area contributed by atoms with Gasteiger partial charge in [0.25, 0.3) is 10.1 Å². The molecule has 306 valence electrons. The summed E-state index contributed by atoms with van der Waals surface area (Å²) in [5, 5.41) is 37.0. The standard InChI is InChI=1S/C35H62N4O13S/c1-2-29(40)36-24-18-17-19-26(34(46)47)37-31(42)23-22-27(35(48)49)39-33(45)28(25-53(50,51)52)38-30(41)20-15-13-11-9-7-5-3-4-6-8-10-12-14-16-21-32(43)44/h26-28H,2-25H2,1H3,(H,36,40)(H,37,42)(H,38,41)(H,39,45)(H,43,44)(H,46,47)(H,48,49)(H,50,51,52). The topological polar surface area (TPSA) is 283 Å². The van der Waals surface area contributed by atoms with Gasteiger partial charge in [0.2, 0.25) is 23.6 Å². The molecule has 0 fully saturated rings. The zero-order valence-electron chi connectivity index (χ0n) is 31.1. The number of hydrogen-bond acceptors (Lipinski definition) is 9. The number of rotatable bonds is 34. The highest BCUT2D eigenvalue weighted by Gasteiger charge is 2.30. The number of carbonyl (C=O) groups excluding carboxylic acids is 4. The molecule has 53 heavy (non-hydrogen) atoms. The fraction of sp³-hybridized carbons (Fsp3) is 0.800. The maximum absolute atomic E-state index is 12.9. The largest absolute Gasteiger partial charge is 0.481 e. The lowest BCUT2D eigenvalue weighted by atomic mass is 10.0. The zero-order chi connectivity index (χ0) is 40.1. The minimum absolute atomic E-state index is 0.0216. The van der Waals surface area contributed by atoms with Gasteiger partial charge in [-0.05, 0) is 38.5 Å². The SMILES string of the molecule is CCC(=O)NCCCCC(NC(=O)CCC(NC(=O)C(CS(=O)(=O)O)NC(=O)CCCCCCCCCCCCCCCCC(=O)O)C(=O)O)C(=O)O. The van der Waals surface area contributed by atoms with Crippen LogP contribution in [0, 0.1) is 0 Å². The quantitative estimate of drug-likeness (QED) is 0.0344. The molecule has 8 N–H and O–H groups in total. The lowest BCUT2D eigenvalue weighted by Gasteiger charge is -2.21. The summed E-state index contributed by atoms with van der Waals surface area (Å²) in [7, 11) is -4.77. The summed E-state index contributed by atoms with van der Waals surface area (Å²) in [6.45, 7) is 2.04. The van der Waals surface area contributed by atoms with Crippen LogP contribution >= 0.6 is 0 Å². The van der Waals surface area contributed by atoms with Crippen LogP contribution in [0.15, 0.2) is 0 Å². The maximum Gasteiger partial charge on any atom is 0.326 e. The number of unbranched alkanes of at least 4 members (excludes halogenated alkanes) is 14. The number of carbonyl (C=O) groups is 7. The fourth-order valence-corrected chi connectivity index (χ4v) is 6.15. The van der Waals surface area contributed by atoms with Gasteiger partial charge in [-0.2, -0.15) is 8.42 Å². The predicted octanol–water partition coefficient (Wildman–Crippen LogP) is 3.30. The number of amides is 4. The van der Waals surface area contributed by atoms with Crippen molar-refractivity contribution in [3.05, 3.63) is 0 Å². The first-order valence-corrected chi connectivity index (χ1v) is 20.4. The molecule has 0 aliphatic rings. The van der Waals surface area contributed by atoms with E-state index in [2.05, 4.69) is 21.3 Å². The summed E-state index contributed by atoms with van der Waals surface area (Å²) in [6.07, 6.45) is 14.2. The molecule has 3 atom stereocenters. The first kappa shape index (κ1) is 49.2. The van der Waals surface area contributed by atoms with E-state index in [1.807, 2.05) is 0 Å². The van der Waals surface area contributed by atoms with Crippen molar-refractivity contribution >= 4 is 51.7 Å². The molecule has 0 aliphatic heterocycles. The smallest absolute Gasteiger partial charge is 0.326 e. The van der Waals surface area contributed by atoms with E-state index in [0.29, 0.717) is 32.2 Å². The van der Waals surface area contributed by atoms with E-state index in [4.69, 9.17) is 5.11 Å². The molecule has 0 radical (unpaired) electrons. The molecule has 3 unspecified atom stereocenters. The van der Waals surface area contributed by atoms with Gasteiger partial charge in [-0.15, -0.1) is 0 Å². The molecule has 0 saturated heterocycles. The van der Waals surface area contributed by atoms with Gasteiger partial charge >= 0.3 is 17.9 Å². The lowest BCUT2D eigenvalue weighted by molar-refractivity contribution is -0.143. The van der Waals surface area contributed by atoms with Gasteiger partial charge in [0.15, 0.2) is 0 Å². The van der Waals surface area contributed by atoms with Crippen LogP contribution in [0.4, 0.5) is 0 Å². The Morgan fingerprint density at radius 2 is 0.943 bits per heavy atom. The average Bonchev–Trinajstić information content (AvgIpc) is 3.07. The van der Waals surface area contributed by atoms with Gasteiger partial charge in [-0.1, -0.05) is 84.0 Å². The molecule has 0 bridgehead atoms.